The molecule has 0 saturated carbocycles. The van der Waals surface area contributed by atoms with Crippen molar-refractivity contribution in [3.8, 4) is 11.5 Å². The topological polar surface area (TPSA) is 33.7 Å². The van der Waals surface area contributed by atoms with Gasteiger partial charge in [0.25, 0.3) is 0 Å². The molecule has 134 valence electrons. The van der Waals surface area contributed by atoms with E-state index in [0.717, 1.165) is 43.0 Å². The van der Waals surface area contributed by atoms with Crippen LogP contribution in [-0.4, -0.2) is 51.3 Å². The second-order valence-electron chi connectivity index (χ2n) is 7.11. The lowest BCUT2D eigenvalue weighted by Crippen LogP contribution is -2.50. The maximum Gasteiger partial charge on any atom is 0.163 e. The van der Waals surface area contributed by atoms with E-state index < -0.39 is 0 Å². The Balaban J connectivity index is 1.48. The van der Waals surface area contributed by atoms with Crippen LogP contribution in [0.15, 0.2) is 18.2 Å². The minimum Gasteiger partial charge on any atom is -0.493 e. The SMILES string of the molecule is COc1cccc(CCNC[C@@H]2CCCN3CCCC[C@H]23)c1OC. The van der Waals surface area contributed by atoms with Gasteiger partial charge in [0.15, 0.2) is 11.5 Å². The average Bonchev–Trinajstić information content (AvgIpc) is 2.64. The van der Waals surface area contributed by atoms with Crippen LogP contribution in [-0.2, 0) is 6.42 Å². The number of nitrogens with one attached hydrogen (secondary N) is 1. The van der Waals surface area contributed by atoms with E-state index in [4.69, 9.17) is 9.47 Å². The van der Waals surface area contributed by atoms with Crippen molar-refractivity contribution in [2.24, 2.45) is 5.92 Å². The molecule has 2 fully saturated rings. The number of fused-ring (bicyclic) bond motifs is 1. The minimum absolute atomic E-state index is 0.820. The summed E-state index contributed by atoms with van der Waals surface area (Å²) < 4.78 is 10.9. The van der Waals surface area contributed by atoms with Crippen molar-refractivity contribution in [3.05, 3.63) is 23.8 Å². The van der Waals surface area contributed by atoms with Crippen LogP contribution in [0.4, 0.5) is 0 Å². The van der Waals surface area contributed by atoms with E-state index >= 15 is 0 Å². The van der Waals surface area contributed by atoms with E-state index in [1.165, 1.54) is 50.8 Å². The number of hydrogen-bond donors (Lipinski definition) is 1. The first kappa shape index (κ1) is 17.6. The molecule has 1 aromatic carbocycles. The monoisotopic (exact) mass is 332 g/mol. The molecule has 4 nitrogen and oxygen atoms in total. The molecule has 2 aliphatic heterocycles. The summed E-state index contributed by atoms with van der Waals surface area (Å²) in [6.07, 6.45) is 7.94. The second kappa shape index (κ2) is 8.72. The number of piperidine rings is 2. The molecular weight excluding hydrogens is 300 g/mol. The zero-order chi connectivity index (χ0) is 16.8. The molecule has 0 radical (unpaired) electrons. The lowest BCUT2D eigenvalue weighted by Gasteiger charge is -2.44. The second-order valence-corrected chi connectivity index (χ2v) is 7.11. The van der Waals surface area contributed by atoms with Crippen LogP contribution in [0.5, 0.6) is 11.5 Å². The predicted octanol–water partition coefficient (Wildman–Crippen LogP) is 3.10. The standard InChI is InChI=1S/C20H32N2O2/c1-23-19-10-5-7-16(20(19)24-2)11-12-21-15-17-8-6-14-22-13-4-3-9-18(17)22/h5,7,10,17-18,21H,3-4,6,8-9,11-15H2,1-2H3/t17-,18+/m0/s1. The first-order valence-electron chi connectivity index (χ1n) is 9.48. The van der Waals surface area contributed by atoms with Crippen molar-refractivity contribution in [2.45, 2.75) is 44.6 Å². The highest BCUT2D eigenvalue weighted by Crippen LogP contribution is 2.32. The molecule has 1 N–H and O–H groups in total. The van der Waals surface area contributed by atoms with Gasteiger partial charge in [-0.05, 0) is 75.8 Å². The van der Waals surface area contributed by atoms with Gasteiger partial charge in [-0.15, -0.1) is 0 Å². The average molecular weight is 332 g/mol. The lowest BCUT2D eigenvalue weighted by molar-refractivity contribution is 0.0596. The smallest absolute Gasteiger partial charge is 0.163 e. The highest BCUT2D eigenvalue weighted by atomic mass is 16.5. The Hall–Kier alpha value is -1.26. The zero-order valence-electron chi connectivity index (χ0n) is 15.2. The van der Waals surface area contributed by atoms with Crippen LogP contribution in [0.3, 0.4) is 0 Å². The van der Waals surface area contributed by atoms with Crippen LogP contribution >= 0.6 is 0 Å². The molecule has 0 spiro atoms. The Labute approximate surface area is 146 Å². The number of ether oxygens (including phenoxy) is 2. The van der Waals surface area contributed by atoms with Crippen molar-refractivity contribution >= 4 is 0 Å². The Kier molecular flexibility index (Phi) is 6.38. The molecule has 0 amide bonds. The number of benzene rings is 1. The lowest BCUT2D eigenvalue weighted by atomic mass is 9.83. The Morgan fingerprint density at radius 2 is 1.96 bits per heavy atom. The van der Waals surface area contributed by atoms with Gasteiger partial charge in [-0.1, -0.05) is 18.6 Å². The van der Waals surface area contributed by atoms with Crippen molar-refractivity contribution in [2.75, 3.05) is 40.4 Å². The number of para-hydroxylation sites is 1. The molecular formula is C20H32N2O2. The van der Waals surface area contributed by atoms with E-state index in [0.29, 0.717) is 0 Å². The van der Waals surface area contributed by atoms with Crippen molar-refractivity contribution in [1.29, 1.82) is 0 Å². The van der Waals surface area contributed by atoms with Gasteiger partial charge in [0, 0.05) is 6.04 Å². The first-order chi connectivity index (χ1) is 11.8. The summed E-state index contributed by atoms with van der Waals surface area (Å²) in [5.74, 6) is 2.52. The van der Waals surface area contributed by atoms with Gasteiger partial charge < -0.3 is 19.7 Å². The van der Waals surface area contributed by atoms with Gasteiger partial charge in [0.2, 0.25) is 0 Å². The highest BCUT2D eigenvalue weighted by Gasteiger charge is 2.32. The number of methoxy groups -OCH3 is 2. The van der Waals surface area contributed by atoms with E-state index in [9.17, 15) is 0 Å². The van der Waals surface area contributed by atoms with E-state index in [1.807, 2.05) is 12.1 Å². The van der Waals surface area contributed by atoms with E-state index in [-0.39, 0.29) is 0 Å². The molecule has 2 atom stereocenters. The molecule has 4 heteroatoms. The van der Waals surface area contributed by atoms with Gasteiger partial charge in [-0.3, -0.25) is 0 Å². The fourth-order valence-electron chi connectivity index (χ4n) is 4.48. The summed E-state index contributed by atoms with van der Waals surface area (Å²) in [5.41, 5.74) is 1.22. The van der Waals surface area contributed by atoms with Crippen molar-refractivity contribution < 1.29 is 9.47 Å². The molecule has 0 aromatic heterocycles. The van der Waals surface area contributed by atoms with Gasteiger partial charge in [0.05, 0.1) is 14.2 Å². The van der Waals surface area contributed by atoms with Gasteiger partial charge in [-0.25, -0.2) is 0 Å². The third kappa shape index (κ3) is 4.04. The summed E-state index contributed by atoms with van der Waals surface area (Å²) in [5, 5.41) is 3.70. The minimum atomic E-state index is 0.820. The third-order valence-corrected chi connectivity index (χ3v) is 5.69. The van der Waals surface area contributed by atoms with E-state index in [2.05, 4.69) is 16.3 Å². The molecule has 0 unspecified atom stereocenters. The van der Waals surface area contributed by atoms with Crippen LogP contribution in [0.1, 0.15) is 37.7 Å². The van der Waals surface area contributed by atoms with Crippen molar-refractivity contribution in [3.63, 3.8) is 0 Å². The normalized spacial score (nSPS) is 24.4. The molecule has 0 bridgehead atoms. The Morgan fingerprint density at radius 1 is 1.08 bits per heavy atom. The maximum absolute atomic E-state index is 5.53. The Morgan fingerprint density at radius 3 is 2.79 bits per heavy atom. The fourth-order valence-corrected chi connectivity index (χ4v) is 4.48. The molecule has 2 heterocycles. The largest absolute Gasteiger partial charge is 0.493 e. The van der Waals surface area contributed by atoms with Crippen LogP contribution < -0.4 is 14.8 Å². The van der Waals surface area contributed by atoms with E-state index in [1.54, 1.807) is 14.2 Å². The number of nitrogens with zero attached hydrogens (tertiary/aromatic N) is 1. The fraction of sp³-hybridized carbons (Fsp3) is 0.700. The Bertz CT molecular complexity index is 518. The maximum atomic E-state index is 5.53. The highest BCUT2D eigenvalue weighted by molar-refractivity contribution is 5.46. The van der Waals surface area contributed by atoms with Crippen LogP contribution in [0, 0.1) is 5.92 Å². The molecule has 3 rings (SSSR count). The number of rotatable bonds is 7. The predicted molar refractivity (Wildman–Crippen MR) is 98.1 cm³/mol. The van der Waals surface area contributed by atoms with Gasteiger partial charge in [0.1, 0.15) is 0 Å². The quantitative estimate of drug-likeness (QED) is 0.778. The first-order valence-corrected chi connectivity index (χ1v) is 9.48. The summed E-state index contributed by atoms with van der Waals surface area (Å²) in [6, 6.07) is 6.95. The molecule has 0 aliphatic carbocycles. The molecule has 2 aliphatic rings. The summed E-state index contributed by atoms with van der Waals surface area (Å²) in [7, 11) is 3.41. The summed E-state index contributed by atoms with van der Waals surface area (Å²) in [4.78, 5) is 2.74. The molecule has 1 aromatic rings. The van der Waals surface area contributed by atoms with Crippen molar-refractivity contribution in [1.82, 2.24) is 10.2 Å². The molecule has 24 heavy (non-hydrogen) atoms. The van der Waals surface area contributed by atoms with Crippen LogP contribution in [0.25, 0.3) is 0 Å². The van der Waals surface area contributed by atoms with Crippen LogP contribution in [0.2, 0.25) is 0 Å². The van der Waals surface area contributed by atoms with Gasteiger partial charge >= 0.3 is 0 Å². The molecule has 2 saturated heterocycles. The number of hydrogen-bond acceptors (Lipinski definition) is 4. The van der Waals surface area contributed by atoms with Gasteiger partial charge in [-0.2, -0.15) is 0 Å². The summed E-state index contributed by atoms with van der Waals surface area (Å²) in [6.45, 7) is 4.78. The zero-order valence-corrected chi connectivity index (χ0v) is 15.2. The third-order valence-electron chi connectivity index (χ3n) is 5.69. The summed E-state index contributed by atoms with van der Waals surface area (Å²) >= 11 is 0.